The van der Waals surface area contributed by atoms with Crippen LogP contribution >= 0.6 is 0 Å². The Morgan fingerprint density at radius 2 is 0.714 bits per heavy atom. The Hall–Kier alpha value is 0. The van der Waals surface area contributed by atoms with E-state index in [4.69, 9.17) is 0 Å². The van der Waals surface area contributed by atoms with Crippen LogP contribution in [0.15, 0.2) is 0 Å². The average molecular weight is 303 g/mol. The van der Waals surface area contributed by atoms with E-state index in [-0.39, 0.29) is 22.3 Å². The molecule has 0 N–H and O–H groups in total. The first-order valence-electron chi connectivity index (χ1n) is 8.60. The van der Waals surface area contributed by atoms with Crippen LogP contribution in [0.5, 0.6) is 0 Å². The molecule has 3 saturated carbocycles. The van der Waals surface area contributed by atoms with E-state index in [1.54, 1.807) is 0 Å². The van der Waals surface area contributed by atoms with E-state index in [2.05, 4.69) is 34.6 Å². The van der Waals surface area contributed by atoms with Crippen LogP contribution in [0.3, 0.4) is 0 Å². The van der Waals surface area contributed by atoms with Crippen molar-refractivity contribution in [1.82, 2.24) is 0 Å². The molecule has 0 amide bonds. The summed E-state index contributed by atoms with van der Waals surface area (Å²) < 4.78 is 0. The van der Waals surface area contributed by atoms with E-state index >= 15 is 0 Å². The van der Waals surface area contributed by atoms with Gasteiger partial charge in [-0.2, -0.15) is 0 Å². The van der Waals surface area contributed by atoms with Crippen LogP contribution in [-0.4, -0.2) is 0 Å². The fourth-order valence-electron chi connectivity index (χ4n) is 1.39. The lowest BCUT2D eigenvalue weighted by Crippen LogP contribution is -2.04. The van der Waals surface area contributed by atoms with Crippen LogP contribution in [-0.2, 0) is 0 Å². The summed E-state index contributed by atoms with van der Waals surface area (Å²) in [7, 11) is 0. The lowest BCUT2D eigenvalue weighted by molar-refractivity contribution is 0.346. The highest BCUT2D eigenvalue weighted by molar-refractivity contribution is 4.65. The molecule has 0 radical (unpaired) electrons. The Morgan fingerprint density at radius 3 is 0.714 bits per heavy atom. The fraction of sp³-hybridized carbons (Fsp3) is 1.00. The van der Waals surface area contributed by atoms with E-state index in [1.807, 2.05) is 0 Å². The monoisotopic (exact) mass is 302 g/mol. The van der Waals surface area contributed by atoms with Crippen molar-refractivity contribution in [2.24, 2.45) is 17.8 Å². The van der Waals surface area contributed by atoms with Crippen LogP contribution in [0.1, 0.15) is 121 Å². The molecule has 0 aliphatic heterocycles. The molecule has 3 aliphatic rings. The maximum atomic E-state index is 2.31. The van der Waals surface area contributed by atoms with Crippen molar-refractivity contribution in [2.45, 2.75) is 121 Å². The topological polar surface area (TPSA) is 0 Å². The molecule has 0 atom stereocenters. The Labute approximate surface area is 139 Å². The number of unbranched alkanes of at least 4 members (excludes halogenated alkanes) is 1. The quantitative estimate of drug-likeness (QED) is 0.454. The minimum atomic E-state index is 0. The summed E-state index contributed by atoms with van der Waals surface area (Å²) in [4.78, 5) is 0. The molecule has 3 fully saturated rings. The highest BCUT2D eigenvalue weighted by Gasteiger charge is 2.12. The minimum Gasteiger partial charge on any atom is -0.0776 e. The zero-order chi connectivity index (χ0) is 13.8. The minimum absolute atomic E-state index is 0. The molecule has 134 valence electrons. The molecular formula is C21H50. The van der Waals surface area contributed by atoms with Gasteiger partial charge >= 0.3 is 0 Å². The largest absolute Gasteiger partial charge is 0.0776 e. The van der Waals surface area contributed by atoms with Gasteiger partial charge in [-0.25, -0.2) is 0 Å². The van der Waals surface area contributed by atoms with Gasteiger partial charge in [0.25, 0.3) is 0 Å². The summed E-state index contributed by atoms with van der Waals surface area (Å²) >= 11 is 0. The zero-order valence-corrected chi connectivity index (χ0v) is 13.8. The van der Waals surface area contributed by atoms with E-state index in [0.29, 0.717) is 0 Å². The second kappa shape index (κ2) is 20.0. The highest BCUT2D eigenvalue weighted by atomic mass is 14.2. The van der Waals surface area contributed by atoms with Crippen molar-refractivity contribution in [2.75, 3.05) is 0 Å². The number of hydrogen-bond donors (Lipinski definition) is 0. The molecule has 0 spiro atoms. The van der Waals surface area contributed by atoms with Crippen LogP contribution in [0, 0.1) is 17.8 Å². The van der Waals surface area contributed by atoms with Crippen molar-refractivity contribution >= 4 is 0 Å². The Balaban J connectivity index is -0.0000000881. The van der Waals surface area contributed by atoms with E-state index in [1.165, 1.54) is 64.2 Å². The molecule has 0 unspecified atom stereocenters. The van der Waals surface area contributed by atoms with Gasteiger partial charge in [-0.05, 0) is 17.8 Å². The normalized spacial score (nSPS) is 18.7. The smallest absolute Gasteiger partial charge is 0.0443 e. The molecule has 0 heterocycles. The molecule has 3 aliphatic carbocycles. The summed E-state index contributed by atoms with van der Waals surface area (Å²) in [6.07, 6.45) is 14.5. The van der Waals surface area contributed by atoms with Crippen LogP contribution in [0.25, 0.3) is 0 Å². The van der Waals surface area contributed by atoms with E-state index in [9.17, 15) is 0 Å². The molecule has 21 heavy (non-hydrogen) atoms. The summed E-state index contributed by atoms with van der Waals surface area (Å²) in [5, 5.41) is 0. The van der Waals surface area contributed by atoms with Gasteiger partial charge in [0, 0.05) is 0 Å². The third kappa shape index (κ3) is 25.3. The van der Waals surface area contributed by atoms with E-state index < -0.39 is 0 Å². The molecule has 0 saturated heterocycles. The molecule has 0 bridgehead atoms. The maximum Gasteiger partial charge on any atom is -0.0443 e. The molecule has 0 aromatic heterocycles. The summed E-state index contributed by atoms with van der Waals surface area (Å²) in [5.74, 6) is 3.21. The first-order valence-corrected chi connectivity index (χ1v) is 8.60. The fourth-order valence-corrected chi connectivity index (χ4v) is 1.39. The lowest BCUT2D eigenvalue weighted by atomic mass is 9.88. The Kier molecular flexibility index (Phi) is 27.7. The second-order valence-electron chi connectivity index (χ2n) is 6.75. The number of hydrogen-bond acceptors (Lipinski definition) is 0. The highest BCUT2D eigenvalue weighted by Crippen LogP contribution is 2.26. The van der Waals surface area contributed by atoms with Gasteiger partial charge in [0.1, 0.15) is 0 Å². The molecule has 0 heteroatoms. The lowest BCUT2D eigenvalue weighted by Gasteiger charge is -2.18. The van der Waals surface area contributed by atoms with Crippen molar-refractivity contribution in [3.8, 4) is 0 Å². The zero-order valence-electron chi connectivity index (χ0n) is 13.8. The first-order chi connectivity index (χ1) is 8.60. The van der Waals surface area contributed by atoms with Gasteiger partial charge in [-0.1, -0.05) is 121 Å². The SMILES string of the molecule is C.C.C.CC1CC1.CC1CCC1.CC1CCC1.CCCC. The van der Waals surface area contributed by atoms with Gasteiger partial charge in [-0.15, -0.1) is 0 Å². The van der Waals surface area contributed by atoms with Gasteiger partial charge in [-0.3, -0.25) is 0 Å². The molecule has 0 nitrogen and oxygen atoms in total. The Bertz CT molecular complexity index is 135. The first kappa shape index (κ1) is 29.1. The molecule has 0 aromatic carbocycles. The predicted octanol–water partition coefficient (Wildman–Crippen LogP) is 8.74. The van der Waals surface area contributed by atoms with E-state index in [0.717, 1.165) is 17.8 Å². The summed E-state index contributed by atoms with van der Waals surface area (Å²) in [6, 6.07) is 0. The third-order valence-electron chi connectivity index (χ3n) is 4.15. The maximum absolute atomic E-state index is 2.31. The van der Waals surface area contributed by atoms with Gasteiger partial charge in [0.05, 0.1) is 0 Å². The van der Waals surface area contributed by atoms with Crippen molar-refractivity contribution in [1.29, 1.82) is 0 Å². The number of rotatable bonds is 1. The standard InChI is InChI=1S/2C5H10.C4H8.C4H10.3CH4/c2*1-5-3-2-4-5;1-4-2-3-4;1-3-4-2;;;/h2*5H,2-4H2,1H3;4H,2-3H2,1H3;3-4H2,1-2H3;3*1H4. The van der Waals surface area contributed by atoms with Gasteiger partial charge in [0.2, 0.25) is 0 Å². The third-order valence-corrected chi connectivity index (χ3v) is 4.15. The predicted molar refractivity (Wildman–Crippen MR) is 105 cm³/mol. The molecule has 0 aromatic rings. The molecule has 3 rings (SSSR count). The van der Waals surface area contributed by atoms with Crippen molar-refractivity contribution in [3.05, 3.63) is 0 Å². The summed E-state index contributed by atoms with van der Waals surface area (Å²) in [5.41, 5.74) is 0. The van der Waals surface area contributed by atoms with Gasteiger partial charge < -0.3 is 0 Å². The Morgan fingerprint density at radius 1 is 0.524 bits per heavy atom. The molecular weight excluding hydrogens is 252 g/mol. The summed E-state index contributed by atoms with van der Waals surface area (Å²) in [6.45, 7) is 11.3. The van der Waals surface area contributed by atoms with Gasteiger partial charge in [0.15, 0.2) is 0 Å². The second-order valence-corrected chi connectivity index (χ2v) is 6.75. The van der Waals surface area contributed by atoms with Crippen molar-refractivity contribution in [3.63, 3.8) is 0 Å². The van der Waals surface area contributed by atoms with Crippen LogP contribution < -0.4 is 0 Å². The van der Waals surface area contributed by atoms with Crippen LogP contribution in [0.2, 0.25) is 0 Å². The van der Waals surface area contributed by atoms with Crippen molar-refractivity contribution < 1.29 is 0 Å². The average Bonchev–Trinajstić information content (AvgIpc) is 3.08. The van der Waals surface area contributed by atoms with Crippen LogP contribution in [0.4, 0.5) is 0 Å².